The maximum atomic E-state index is 5.72. The molecule has 1 heterocycles. The minimum absolute atomic E-state index is 0.605. The molecule has 1 atom stereocenters. The summed E-state index contributed by atoms with van der Waals surface area (Å²) in [6, 6.07) is 6.51. The Kier molecular flexibility index (Phi) is 4.10. The summed E-state index contributed by atoms with van der Waals surface area (Å²) in [6.45, 7) is 7.59. The van der Waals surface area contributed by atoms with Crippen LogP contribution >= 0.6 is 15.9 Å². The fourth-order valence-electron chi connectivity index (χ4n) is 2.50. The van der Waals surface area contributed by atoms with Crippen molar-refractivity contribution >= 4 is 21.6 Å². The first-order valence-electron chi connectivity index (χ1n) is 6.34. The molecule has 0 amide bonds. The number of anilines is 1. The van der Waals surface area contributed by atoms with Gasteiger partial charge in [0.1, 0.15) is 0 Å². The topological polar surface area (TPSA) is 29.3 Å². The highest BCUT2D eigenvalue weighted by Gasteiger charge is 2.25. The molecular weight excluding hydrogens is 276 g/mol. The molecule has 2 N–H and O–H groups in total. The minimum atomic E-state index is 0.605. The summed E-state index contributed by atoms with van der Waals surface area (Å²) in [5, 5.41) is 0. The van der Waals surface area contributed by atoms with Gasteiger partial charge in [-0.2, -0.15) is 0 Å². The van der Waals surface area contributed by atoms with Gasteiger partial charge >= 0.3 is 0 Å². The number of nitrogens with two attached hydrogens (primary N) is 1. The lowest BCUT2D eigenvalue weighted by atomic mass is 9.95. The van der Waals surface area contributed by atoms with Crippen molar-refractivity contribution in [2.45, 2.75) is 26.8 Å². The van der Waals surface area contributed by atoms with E-state index in [0.717, 1.165) is 16.3 Å². The van der Waals surface area contributed by atoms with Gasteiger partial charge in [-0.1, -0.05) is 29.8 Å². The summed E-state index contributed by atoms with van der Waals surface area (Å²) in [5.74, 6) is 1.61. The molecule has 1 fully saturated rings. The van der Waals surface area contributed by atoms with Crippen LogP contribution in [0.3, 0.4) is 0 Å². The molecule has 1 unspecified atom stereocenters. The fourth-order valence-corrected chi connectivity index (χ4v) is 3.03. The first-order valence-corrected chi connectivity index (χ1v) is 7.14. The zero-order valence-electron chi connectivity index (χ0n) is 10.6. The molecular formula is C14H21BrN2. The van der Waals surface area contributed by atoms with Crippen LogP contribution < -0.4 is 10.6 Å². The molecule has 1 aliphatic heterocycles. The van der Waals surface area contributed by atoms with Crippen LogP contribution in [0.2, 0.25) is 0 Å². The summed E-state index contributed by atoms with van der Waals surface area (Å²) in [5.41, 5.74) is 8.23. The van der Waals surface area contributed by atoms with Crippen LogP contribution in [0, 0.1) is 11.8 Å². The maximum absolute atomic E-state index is 5.72. The maximum Gasteiger partial charge on any atom is 0.0380 e. The standard InChI is InChI=1S/C14H21BrN2/c1-10(2)12-3-4-17(9-12)14-6-11(8-16)5-13(15)7-14/h5-7,10,12H,3-4,8-9,16H2,1-2H3. The Morgan fingerprint density at radius 1 is 1.41 bits per heavy atom. The van der Waals surface area contributed by atoms with Crippen molar-refractivity contribution in [1.82, 2.24) is 0 Å². The molecule has 0 bridgehead atoms. The van der Waals surface area contributed by atoms with Gasteiger partial charge in [-0.05, 0) is 42.0 Å². The van der Waals surface area contributed by atoms with Crippen molar-refractivity contribution in [3.63, 3.8) is 0 Å². The monoisotopic (exact) mass is 296 g/mol. The van der Waals surface area contributed by atoms with Gasteiger partial charge in [0.25, 0.3) is 0 Å². The highest BCUT2D eigenvalue weighted by atomic mass is 79.9. The second-order valence-electron chi connectivity index (χ2n) is 5.26. The highest BCUT2D eigenvalue weighted by Crippen LogP contribution is 2.30. The van der Waals surface area contributed by atoms with Gasteiger partial charge in [-0.15, -0.1) is 0 Å². The number of benzene rings is 1. The van der Waals surface area contributed by atoms with Crippen LogP contribution in [-0.4, -0.2) is 13.1 Å². The summed E-state index contributed by atoms with van der Waals surface area (Å²) < 4.78 is 1.13. The van der Waals surface area contributed by atoms with Gasteiger partial charge in [0, 0.05) is 29.8 Å². The number of nitrogens with zero attached hydrogens (tertiary/aromatic N) is 1. The number of rotatable bonds is 3. The van der Waals surface area contributed by atoms with Crippen molar-refractivity contribution in [2.24, 2.45) is 17.6 Å². The Bertz CT molecular complexity index is 390. The molecule has 94 valence electrons. The van der Waals surface area contributed by atoms with E-state index in [4.69, 9.17) is 5.73 Å². The van der Waals surface area contributed by atoms with Gasteiger partial charge in [0.2, 0.25) is 0 Å². The molecule has 1 saturated heterocycles. The van der Waals surface area contributed by atoms with Crippen LogP contribution in [0.4, 0.5) is 5.69 Å². The number of hydrogen-bond acceptors (Lipinski definition) is 2. The predicted molar refractivity (Wildman–Crippen MR) is 77.2 cm³/mol. The van der Waals surface area contributed by atoms with Crippen LogP contribution in [-0.2, 0) is 6.54 Å². The van der Waals surface area contributed by atoms with Gasteiger partial charge in [-0.25, -0.2) is 0 Å². The summed E-state index contributed by atoms with van der Waals surface area (Å²) in [7, 11) is 0. The Hall–Kier alpha value is -0.540. The van der Waals surface area contributed by atoms with E-state index in [1.807, 2.05) is 0 Å². The van der Waals surface area contributed by atoms with E-state index in [1.54, 1.807) is 0 Å². The third kappa shape index (κ3) is 3.02. The largest absolute Gasteiger partial charge is 0.371 e. The first-order chi connectivity index (χ1) is 8.10. The first kappa shape index (κ1) is 12.9. The second kappa shape index (κ2) is 5.40. The molecule has 0 saturated carbocycles. The van der Waals surface area contributed by atoms with Gasteiger partial charge in [0.05, 0.1) is 0 Å². The quantitative estimate of drug-likeness (QED) is 0.926. The zero-order chi connectivity index (χ0) is 12.4. The SMILES string of the molecule is CC(C)C1CCN(c2cc(Br)cc(CN)c2)C1. The Morgan fingerprint density at radius 2 is 2.18 bits per heavy atom. The molecule has 0 spiro atoms. The lowest BCUT2D eigenvalue weighted by molar-refractivity contribution is 0.423. The van der Waals surface area contributed by atoms with Crippen molar-refractivity contribution in [3.05, 3.63) is 28.2 Å². The Labute approximate surface area is 112 Å². The van der Waals surface area contributed by atoms with E-state index in [1.165, 1.54) is 30.8 Å². The molecule has 0 radical (unpaired) electrons. The van der Waals surface area contributed by atoms with E-state index in [-0.39, 0.29) is 0 Å². The third-order valence-corrected chi connectivity index (χ3v) is 4.17. The van der Waals surface area contributed by atoms with E-state index in [0.29, 0.717) is 6.54 Å². The molecule has 2 rings (SSSR count). The highest BCUT2D eigenvalue weighted by molar-refractivity contribution is 9.10. The van der Waals surface area contributed by atoms with Gasteiger partial charge in [-0.3, -0.25) is 0 Å². The zero-order valence-corrected chi connectivity index (χ0v) is 12.2. The molecule has 1 aromatic rings. The average molecular weight is 297 g/mol. The predicted octanol–water partition coefficient (Wildman–Crippen LogP) is 3.39. The Balaban J connectivity index is 2.15. The van der Waals surface area contributed by atoms with E-state index >= 15 is 0 Å². The van der Waals surface area contributed by atoms with Crippen LogP contribution in [0.15, 0.2) is 22.7 Å². The normalized spacial score (nSPS) is 20.3. The summed E-state index contributed by atoms with van der Waals surface area (Å²) in [4.78, 5) is 2.48. The van der Waals surface area contributed by atoms with Crippen LogP contribution in [0.1, 0.15) is 25.8 Å². The fraction of sp³-hybridized carbons (Fsp3) is 0.571. The third-order valence-electron chi connectivity index (χ3n) is 3.71. The van der Waals surface area contributed by atoms with Crippen molar-refractivity contribution in [3.8, 4) is 0 Å². The second-order valence-corrected chi connectivity index (χ2v) is 6.18. The molecule has 3 heteroatoms. The van der Waals surface area contributed by atoms with Crippen molar-refractivity contribution in [2.75, 3.05) is 18.0 Å². The number of hydrogen-bond donors (Lipinski definition) is 1. The van der Waals surface area contributed by atoms with E-state index < -0.39 is 0 Å². The van der Waals surface area contributed by atoms with Crippen molar-refractivity contribution in [1.29, 1.82) is 0 Å². The Morgan fingerprint density at radius 3 is 2.76 bits per heavy atom. The summed E-state index contributed by atoms with van der Waals surface area (Å²) in [6.07, 6.45) is 1.31. The van der Waals surface area contributed by atoms with E-state index in [9.17, 15) is 0 Å². The van der Waals surface area contributed by atoms with Gasteiger partial charge < -0.3 is 10.6 Å². The number of halogens is 1. The van der Waals surface area contributed by atoms with Crippen LogP contribution in [0.25, 0.3) is 0 Å². The smallest absolute Gasteiger partial charge is 0.0380 e. The molecule has 2 nitrogen and oxygen atoms in total. The molecule has 0 aliphatic carbocycles. The minimum Gasteiger partial charge on any atom is -0.371 e. The lowest BCUT2D eigenvalue weighted by Crippen LogP contribution is -2.21. The average Bonchev–Trinajstić information content (AvgIpc) is 2.77. The molecule has 1 aliphatic rings. The molecule has 0 aromatic heterocycles. The van der Waals surface area contributed by atoms with E-state index in [2.05, 4.69) is 52.9 Å². The molecule has 17 heavy (non-hydrogen) atoms. The van der Waals surface area contributed by atoms with Crippen LogP contribution in [0.5, 0.6) is 0 Å². The van der Waals surface area contributed by atoms with Gasteiger partial charge in [0.15, 0.2) is 0 Å². The lowest BCUT2D eigenvalue weighted by Gasteiger charge is -2.21. The summed E-state index contributed by atoms with van der Waals surface area (Å²) >= 11 is 3.56. The molecule has 1 aromatic carbocycles. The van der Waals surface area contributed by atoms with Crippen molar-refractivity contribution < 1.29 is 0 Å².